The molecule has 1 aromatic heterocycles. The van der Waals surface area contributed by atoms with Gasteiger partial charge in [-0.15, -0.1) is 0 Å². The zero-order valence-electron chi connectivity index (χ0n) is 17.6. The Morgan fingerprint density at radius 2 is 1.97 bits per heavy atom. The lowest BCUT2D eigenvalue weighted by Gasteiger charge is -2.31. The summed E-state index contributed by atoms with van der Waals surface area (Å²) in [6.07, 6.45) is 2.72. The average Bonchev–Trinajstić information content (AvgIpc) is 2.80. The van der Waals surface area contributed by atoms with Crippen LogP contribution in [0.15, 0.2) is 36.5 Å². The van der Waals surface area contributed by atoms with Crippen LogP contribution in [0.1, 0.15) is 23.2 Å². The van der Waals surface area contributed by atoms with Crippen molar-refractivity contribution in [3.8, 4) is 11.6 Å². The van der Waals surface area contributed by atoms with E-state index in [-0.39, 0.29) is 17.7 Å². The molecule has 1 N–H and O–H groups in total. The van der Waals surface area contributed by atoms with E-state index in [1.165, 1.54) is 7.11 Å². The Labute approximate surface area is 186 Å². The topological polar surface area (TPSA) is 90.0 Å². The molecule has 1 saturated heterocycles. The number of pyridine rings is 1. The predicted octanol–water partition coefficient (Wildman–Crippen LogP) is 3.26. The molecule has 0 aliphatic carbocycles. The van der Waals surface area contributed by atoms with Gasteiger partial charge in [-0.05, 0) is 43.2 Å². The Bertz CT molecular complexity index is 916. The van der Waals surface area contributed by atoms with E-state index >= 15 is 0 Å². The second-order valence-electron chi connectivity index (χ2n) is 7.10. The summed E-state index contributed by atoms with van der Waals surface area (Å²) in [6.45, 7) is 1.70. The van der Waals surface area contributed by atoms with Crippen LogP contribution in [-0.2, 0) is 9.53 Å². The van der Waals surface area contributed by atoms with Crippen molar-refractivity contribution in [2.75, 3.05) is 45.8 Å². The van der Waals surface area contributed by atoms with Gasteiger partial charge in [0.05, 0.1) is 19.3 Å². The van der Waals surface area contributed by atoms with Gasteiger partial charge in [-0.1, -0.05) is 11.6 Å². The molecule has 0 saturated carbocycles. The first-order valence-electron chi connectivity index (χ1n) is 10.0. The molecule has 2 amide bonds. The predicted molar refractivity (Wildman–Crippen MR) is 117 cm³/mol. The Hall–Kier alpha value is -2.84. The summed E-state index contributed by atoms with van der Waals surface area (Å²) in [6, 6.07) is 8.44. The zero-order chi connectivity index (χ0) is 22.2. The largest absolute Gasteiger partial charge is 0.496 e. The number of aromatic nitrogens is 1. The number of piperidine rings is 1. The van der Waals surface area contributed by atoms with Crippen LogP contribution in [0.25, 0.3) is 0 Å². The number of benzene rings is 1. The molecule has 9 heteroatoms. The molecule has 2 aromatic rings. The molecule has 0 atom stereocenters. The minimum absolute atomic E-state index is 0.114. The van der Waals surface area contributed by atoms with Crippen LogP contribution in [0.5, 0.6) is 11.6 Å². The van der Waals surface area contributed by atoms with Gasteiger partial charge in [0.25, 0.3) is 5.91 Å². The summed E-state index contributed by atoms with van der Waals surface area (Å²) in [7, 11) is 3.10. The second-order valence-corrected chi connectivity index (χ2v) is 7.53. The third kappa shape index (κ3) is 5.86. The number of nitrogens with zero attached hydrogens (tertiary/aromatic N) is 2. The molecule has 0 spiro atoms. The molecular formula is C22H26ClN3O5. The van der Waals surface area contributed by atoms with Gasteiger partial charge in [0.1, 0.15) is 18.0 Å². The Morgan fingerprint density at radius 1 is 1.19 bits per heavy atom. The van der Waals surface area contributed by atoms with Gasteiger partial charge in [-0.2, -0.15) is 0 Å². The van der Waals surface area contributed by atoms with Gasteiger partial charge >= 0.3 is 0 Å². The highest BCUT2D eigenvalue weighted by atomic mass is 35.5. The first-order chi connectivity index (χ1) is 15.0. The lowest BCUT2D eigenvalue weighted by atomic mass is 9.95. The number of anilines is 1. The van der Waals surface area contributed by atoms with E-state index in [0.717, 1.165) is 0 Å². The quantitative estimate of drug-likeness (QED) is 0.625. The standard InChI is InChI=1S/C22H26ClN3O5/c1-29-12-13-31-21-18(4-3-9-24-21)25-20(27)15-7-10-26(11-8-15)22(28)17-14-16(23)5-6-19(17)30-2/h3-6,9,14-15H,7-8,10-13H2,1-2H3,(H,25,27). The SMILES string of the molecule is COCCOc1ncccc1NC(=O)C1CCN(C(=O)c2cc(Cl)ccc2OC)CC1. The number of amides is 2. The molecule has 1 aliphatic rings. The number of carbonyl (C=O) groups excluding carboxylic acids is 2. The van der Waals surface area contributed by atoms with Crippen molar-refractivity contribution in [1.29, 1.82) is 0 Å². The van der Waals surface area contributed by atoms with Crippen LogP contribution < -0.4 is 14.8 Å². The van der Waals surface area contributed by atoms with Crippen molar-refractivity contribution in [3.05, 3.63) is 47.1 Å². The fraction of sp³-hybridized carbons (Fsp3) is 0.409. The highest BCUT2D eigenvalue weighted by molar-refractivity contribution is 6.31. The van der Waals surface area contributed by atoms with Crippen molar-refractivity contribution < 1.29 is 23.8 Å². The molecule has 8 nitrogen and oxygen atoms in total. The number of rotatable bonds is 8. The monoisotopic (exact) mass is 447 g/mol. The second kappa shape index (κ2) is 11.0. The summed E-state index contributed by atoms with van der Waals surface area (Å²) in [4.78, 5) is 31.6. The van der Waals surface area contributed by atoms with E-state index in [2.05, 4.69) is 10.3 Å². The number of hydrogen-bond donors (Lipinski definition) is 1. The smallest absolute Gasteiger partial charge is 0.257 e. The van der Waals surface area contributed by atoms with Crippen molar-refractivity contribution in [2.24, 2.45) is 5.92 Å². The molecule has 0 unspecified atom stereocenters. The third-order valence-corrected chi connectivity index (χ3v) is 5.34. The van der Waals surface area contributed by atoms with Crippen molar-refractivity contribution in [3.63, 3.8) is 0 Å². The van der Waals surface area contributed by atoms with E-state index in [4.69, 9.17) is 25.8 Å². The summed E-state index contributed by atoms with van der Waals surface area (Å²) in [5.41, 5.74) is 0.942. The molecule has 166 valence electrons. The summed E-state index contributed by atoms with van der Waals surface area (Å²) >= 11 is 6.05. The number of methoxy groups -OCH3 is 2. The Balaban J connectivity index is 1.58. The van der Waals surface area contributed by atoms with E-state index in [1.54, 1.807) is 48.5 Å². The number of halogens is 1. The molecule has 1 fully saturated rings. The summed E-state index contributed by atoms with van der Waals surface area (Å²) in [5.74, 6) is 0.356. The van der Waals surface area contributed by atoms with Gasteiger partial charge < -0.3 is 24.4 Å². The maximum atomic E-state index is 12.9. The number of likely N-dealkylation sites (tertiary alicyclic amines) is 1. The number of nitrogens with one attached hydrogen (secondary N) is 1. The maximum Gasteiger partial charge on any atom is 0.257 e. The van der Waals surface area contributed by atoms with Crippen LogP contribution in [0.3, 0.4) is 0 Å². The van der Waals surface area contributed by atoms with Crippen LogP contribution in [-0.4, -0.2) is 62.2 Å². The fourth-order valence-electron chi connectivity index (χ4n) is 3.42. The molecular weight excluding hydrogens is 422 g/mol. The number of hydrogen-bond acceptors (Lipinski definition) is 6. The molecule has 1 aliphatic heterocycles. The first kappa shape index (κ1) is 22.8. The molecule has 1 aromatic carbocycles. The van der Waals surface area contributed by atoms with E-state index in [0.29, 0.717) is 67.0 Å². The van der Waals surface area contributed by atoms with Crippen LogP contribution in [0.4, 0.5) is 5.69 Å². The third-order valence-electron chi connectivity index (χ3n) is 5.10. The fourth-order valence-corrected chi connectivity index (χ4v) is 3.59. The van der Waals surface area contributed by atoms with E-state index in [9.17, 15) is 9.59 Å². The zero-order valence-corrected chi connectivity index (χ0v) is 18.4. The minimum Gasteiger partial charge on any atom is -0.496 e. The van der Waals surface area contributed by atoms with E-state index < -0.39 is 0 Å². The van der Waals surface area contributed by atoms with Crippen LogP contribution in [0, 0.1) is 5.92 Å². The van der Waals surface area contributed by atoms with E-state index in [1.807, 2.05) is 0 Å². The average molecular weight is 448 g/mol. The van der Waals surface area contributed by atoms with Gasteiger partial charge in [0.15, 0.2) is 0 Å². The Morgan fingerprint density at radius 3 is 2.68 bits per heavy atom. The van der Waals surface area contributed by atoms with Gasteiger partial charge in [-0.3, -0.25) is 9.59 Å². The molecule has 31 heavy (non-hydrogen) atoms. The summed E-state index contributed by atoms with van der Waals surface area (Å²) in [5, 5.41) is 3.37. The minimum atomic E-state index is -0.211. The normalized spacial score (nSPS) is 14.2. The molecule has 2 heterocycles. The lowest BCUT2D eigenvalue weighted by molar-refractivity contribution is -0.121. The molecule has 0 bridgehead atoms. The molecule has 3 rings (SSSR count). The van der Waals surface area contributed by atoms with Gasteiger partial charge in [0, 0.05) is 37.3 Å². The number of carbonyl (C=O) groups is 2. The maximum absolute atomic E-state index is 12.9. The van der Waals surface area contributed by atoms with Crippen molar-refractivity contribution in [2.45, 2.75) is 12.8 Å². The van der Waals surface area contributed by atoms with Crippen LogP contribution in [0.2, 0.25) is 5.02 Å². The van der Waals surface area contributed by atoms with Gasteiger partial charge in [0.2, 0.25) is 11.8 Å². The summed E-state index contributed by atoms with van der Waals surface area (Å²) < 4.78 is 15.8. The molecule has 0 radical (unpaired) electrons. The highest BCUT2D eigenvalue weighted by Gasteiger charge is 2.29. The van der Waals surface area contributed by atoms with Crippen molar-refractivity contribution >= 4 is 29.1 Å². The van der Waals surface area contributed by atoms with Gasteiger partial charge in [-0.25, -0.2) is 4.98 Å². The lowest BCUT2D eigenvalue weighted by Crippen LogP contribution is -2.41. The number of ether oxygens (including phenoxy) is 3. The van der Waals surface area contributed by atoms with Crippen molar-refractivity contribution in [1.82, 2.24) is 9.88 Å². The Kier molecular flexibility index (Phi) is 8.08. The first-order valence-corrected chi connectivity index (χ1v) is 10.4. The van der Waals surface area contributed by atoms with Crippen LogP contribution >= 0.6 is 11.6 Å². The highest BCUT2D eigenvalue weighted by Crippen LogP contribution is 2.28.